The highest BCUT2D eigenvalue weighted by atomic mass is 32.1. The van der Waals surface area contributed by atoms with E-state index < -0.39 is 0 Å². The summed E-state index contributed by atoms with van der Waals surface area (Å²) in [5.74, 6) is 0.838. The molecular weight excluding hydrogens is 421 g/mol. The van der Waals surface area contributed by atoms with Crippen molar-refractivity contribution in [1.29, 1.82) is 0 Å². The maximum absolute atomic E-state index is 6.84. The second kappa shape index (κ2) is 8.57. The molecule has 33 heavy (non-hydrogen) atoms. The van der Waals surface area contributed by atoms with Crippen LogP contribution < -0.4 is 15.6 Å². The molecule has 1 heterocycles. The number of nitrogens with zero attached hydrogens (tertiary/aromatic N) is 1. The van der Waals surface area contributed by atoms with Crippen LogP contribution in [0.2, 0.25) is 0 Å². The summed E-state index contributed by atoms with van der Waals surface area (Å²) in [6.45, 7) is -0.221. The highest BCUT2D eigenvalue weighted by Crippen LogP contribution is 2.38. The Kier molecular flexibility index (Phi) is 5.13. The third-order valence-electron chi connectivity index (χ3n) is 5.82. The average Bonchev–Trinajstić information content (AvgIpc) is 3.32. The Morgan fingerprint density at radius 1 is 0.606 bits per heavy atom. The Hall–Kier alpha value is -3.89. The Morgan fingerprint density at radius 3 is 1.85 bits per heavy atom. The summed E-state index contributed by atoms with van der Waals surface area (Å²) in [5, 5.41) is 3.30. The zero-order chi connectivity index (χ0) is 22.0. The summed E-state index contributed by atoms with van der Waals surface area (Å²) in [7, 11) is 0. The quantitative estimate of drug-likeness (QED) is 0.293. The maximum Gasteiger partial charge on any atom is 0.426 e. The summed E-state index contributed by atoms with van der Waals surface area (Å²) < 4.78 is 8.02. The fraction of sp³-hybridized carbons (Fsp3) is 0. The molecule has 0 aliphatic rings. The van der Waals surface area contributed by atoms with Crippen molar-refractivity contribution in [2.24, 2.45) is 0 Å². The van der Waals surface area contributed by atoms with Gasteiger partial charge in [-0.05, 0) is 46.0 Å². The smallest absolute Gasteiger partial charge is 0.426 e. The first-order valence-corrected chi connectivity index (χ1v) is 11.8. The number of hydrogen-bond acceptors (Lipinski definition) is 3. The molecule has 0 saturated carbocycles. The van der Waals surface area contributed by atoms with Crippen LogP contribution in [0.4, 0.5) is 0 Å². The van der Waals surface area contributed by atoms with Crippen molar-refractivity contribution in [3.63, 3.8) is 0 Å². The van der Waals surface area contributed by atoms with Crippen LogP contribution in [-0.4, -0.2) is 11.9 Å². The minimum absolute atomic E-state index is 0.221. The van der Waals surface area contributed by atoms with Crippen molar-refractivity contribution in [1.82, 2.24) is 4.98 Å². The van der Waals surface area contributed by atoms with Gasteiger partial charge in [0.15, 0.2) is 0 Å². The standard InChI is InChI=1S/C29H20BNOS/c1-3-13-23(14-4-1)30(24-15-5-2-6-16-24)32-27-20-22-12-8-7-11-21(22)19-25(27)29-31-26-17-9-10-18-28(26)33-29/h1-20H. The SMILES string of the molecule is c1ccc(B(Oc2cc3ccccc3cc2-c2nc3ccccc3s2)c2ccccc2)cc1. The number of rotatable bonds is 5. The van der Waals surface area contributed by atoms with Crippen molar-refractivity contribution in [2.45, 2.75) is 0 Å². The van der Waals surface area contributed by atoms with Crippen LogP contribution in [0.5, 0.6) is 5.75 Å². The van der Waals surface area contributed by atoms with Crippen LogP contribution in [0.25, 0.3) is 31.6 Å². The Balaban J connectivity index is 1.53. The largest absolute Gasteiger partial charge is 0.551 e. The van der Waals surface area contributed by atoms with E-state index in [1.807, 2.05) is 18.2 Å². The molecule has 0 fully saturated rings. The van der Waals surface area contributed by atoms with Gasteiger partial charge in [-0.2, -0.15) is 0 Å². The first-order chi connectivity index (χ1) is 16.3. The van der Waals surface area contributed by atoms with Gasteiger partial charge >= 0.3 is 6.92 Å². The topological polar surface area (TPSA) is 22.1 Å². The summed E-state index contributed by atoms with van der Waals surface area (Å²) in [5.41, 5.74) is 4.27. The van der Waals surface area contributed by atoms with Crippen LogP contribution in [0.3, 0.4) is 0 Å². The molecule has 0 bridgehead atoms. The molecule has 0 atom stereocenters. The van der Waals surface area contributed by atoms with Crippen molar-refractivity contribution in [2.75, 3.05) is 0 Å². The van der Waals surface area contributed by atoms with E-state index in [9.17, 15) is 0 Å². The van der Waals surface area contributed by atoms with Crippen LogP contribution in [0.15, 0.2) is 121 Å². The van der Waals surface area contributed by atoms with Gasteiger partial charge in [0.05, 0.1) is 15.8 Å². The molecule has 156 valence electrons. The molecular formula is C29H20BNOS. The number of hydrogen-bond donors (Lipinski definition) is 0. The van der Waals surface area contributed by atoms with Gasteiger partial charge in [-0.1, -0.05) is 97.1 Å². The van der Waals surface area contributed by atoms with E-state index in [1.54, 1.807) is 11.3 Å². The normalized spacial score (nSPS) is 11.0. The lowest BCUT2D eigenvalue weighted by Gasteiger charge is -2.19. The first-order valence-electron chi connectivity index (χ1n) is 11.0. The van der Waals surface area contributed by atoms with Crippen LogP contribution in [0, 0.1) is 0 Å². The predicted molar refractivity (Wildman–Crippen MR) is 141 cm³/mol. The molecule has 0 saturated heterocycles. The molecule has 0 amide bonds. The Morgan fingerprint density at radius 2 is 1.18 bits per heavy atom. The molecule has 0 N–H and O–H groups in total. The first kappa shape index (κ1) is 19.8. The van der Waals surface area contributed by atoms with Crippen molar-refractivity contribution >= 4 is 50.2 Å². The summed E-state index contributed by atoms with van der Waals surface area (Å²) >= 11 is 1.70. The summed E-state index contributed by atoms with van der Waals surface area (Å²) in [4.78, 5) is 4.94. The minimum atomic E-state index is -0.221. The second-order valence-electron chi connectivity index (χ2n) is 8.00. The monoisotopic (exact) mass is 441 g/mol. The Bertz CT molecular complexity index is 1470. The fourth-order valence-electron chi connectivity index (χ4n) is 4.18. The zero-order valence-electron chi connectivity index (χ0n) is 17.9. The van der Waals surface area contributed by atoms with Crippen LogP contribution in [-0.2, 0) is 0 Å². The van der Waals surface area contributed by atoms with Crippen molar-refractivity contribution in [3.8, 4) is 16.3 Å². The highest BCUT2D eigenvalue weighted by Gasteiger charge is 2.25. The van der Waals surface area contributed by atoms with E-state index in [0.717, 1.165) is 38.1 Å². The zero-order valence-corrected chi connectivity index (χ0v) is 18.7. The summed E-state index contributed by atoms with van der Waals surface area (Å²) in [6, 6.07) is 41.8. The lowest BCUT2D eigenvalue weighted by molar-refractivity contribution is 0.595. The maximum atomic E-state index is 6.84. The van der Waals surface area contributed by atoms with Crippen molar-refractivity contribution in [3.05, 3.63) is 121 Å². The third kappa shape index (κ3) is 3.90. The van der Waals surface area contributed by atoms with E-state index >= 15 is 0 Å². The minimum Gasteiger partial charge on any atom is -0.551 e. The molecule has 6 aromatic rings. The van der Waals surface area contributed by atoms with Gasteiger partial charge < -0.3 is 4.65 Å². The third-order valence-corrected chi connectivity index (χ3v) is 6.89. The molecule has 1 aromatic heterocycles. The second-order valence-corrected chi connectivity index (χ2v) is 9.03. The van der Waals surface area contributed by atoms with Gasteiger partial charge in [0, 0.05) is 0 Å². The highest BCUT2D eigenvalue weighted by molar-refractivity contribution is 7.21. The van der Waals surface area contributed by atoms with Gasteiger partial charge in [0.25, 0.3) is 0 Å². The van der Waals surface area contributed by atoms with Crippen LogP contribution >= 0.6 is 11.3 Å². The van der Waals surface area contributed by atoms with E-state index in [0.29, 0.717) is 0 Å². The molecule has 0 unspecified atom stereocenters. The average molecular weight is 441 g/mol. The van der Waals surface area contributed by atoms with Gasteiger partial charge in [-0.25, -0.2) is 4.98 Å². The molecule has 4 heteroatoms. The van der Waals surface area contributed by atoms with E-state index in [-0.39, 0.29) is 6.92 Å². The number of aromatic nitrogens is 1. The number of benzene rings is 5. The molecule has 0 aliphatic carbocycles. The van der Waals surface area contributed by atoms with Crippen molar-refractivity contribution < 1.29 is 4.65 Å². The molecule has 0 aliphatic heterocycles. The van der Waals surface area contributed by atoms with E-state index in [1.165, 1.54) is 10.1 Å². The summed E-state index contributed by atoms with van der Waals surface area (Å²) in [6.07, 6.45) is 0. The van der Waals surface area contributed by atoms with E-state index in [4.69, 9.17) is 9.64 Å². The van der Waals surface area contributed by atoms with Gasteiger partial charge in [0.2, 0.25) is 0 Å². The number of fused-ring (bicyclic) bond motifs is 2. The van der Waals surface area contributed by atoms with E-state index in [2.05, 4.69) is 103 Å². The lowest BCUT2D eigenvalue weighted by atomic mass is 9.55. The fourth-order valence-corrected chi connectivity index (χ4v) is 5.17. The number of para-hydroxylation sites is 1. The Labute approximate surface area is 197 Å². The van der Waals surface area contributed by atoms with Gasteiger partial charge in [-0.15, -0.1) is 11.3 Å². The molecule has 2 nitrogen and oxygen atoms in total. The molecule has 0 radical (unpaired) electrons. The molecule has 0 spiro atoms. The van der Waals surface area contributed by atoms with Gasteiger partial charge in [0.1, 0.15) is 10.8 Å². The lowest BCUT2D eigenvalue weighted by Crippen LogP contribution is -2.47. The predicted octanol–water partition coefficient (Wildman–Crippen LogP) is 6.30. The van der Waals surface area contributed by atoms with Gasteiger partial charge in [-0.3, -0.25) is 0 Å². The number of thiazole rings is 1. The molecule has 6 rings (SSSR count). The van der Waals surface area contributed by atoms with Crippen LogP contribution in [0.1, 0.15) is 0 Å². The molecule has 5 aromatic carbocycles.